The van der Waals surface area contributed by atoms with Gasteiger partial charge < -0.3 is 10.4 Å². The number of nitrogens with zero attached hydrogens (tertiary/aromatic N) is 2. The van der Waals surface area contributed by atoms with Crippen molar-refractivity contribution in [2.75, 3.05) is 5.32 Å². The average molecular weight is 251 g/mol. The summed E-state index contributed by atoms with van der Waals surface area (Å²) in [7, 11) is 0. The largest absolute Gasteiger partial charge is 0.390 e. The number of nitriles is 1. The molecule has 2 N–H and O–H groups in total. The second kappa shape index (κ2) is 4.71. The Hall–Kier alpha value is -2.38. The van der Waals surface area contributed by atoms with Crippen LogP contribution in [0.1, 0.15) is 22.7 Å². The number of anilines is 1. The number of rotatable bonds is 2. The third-order valence-electron chi connectivity index (χ3n) is 3.42. The molecule has 0 amide bonds. The maximum Gasteiger partial charge on any atom is 0.144 e. The second-order valence-electron chi connectivity index (χ2n) is 4.60. The molecule has 0 bridgehead atoms. The molecule has 19 heavy (non-hydrogen) atoms. The fourth-order valence-corrected chi connectivity index (χ4v) is 2.51. The van der Waals surface area contributed by atoms with Crippen LogP contribution in [0.5, 0.6) is 0 Å². The van der Waals surface area contributed by atoms with Gasteiger partial charge in [-0.2, -0.15) is 5.26 Å². The zero-order valence-electron chi connectivity index (χ0n) is 10.2. The molecule has 1 aliphatic carbocycles. The van der Waals surface area contributed by atoms with E-state index >= 15 is 0 Å². The number of hydrogen-bond acceptors (Lipinski definition) is 4. The van der Waals surface area contributed by atoms with E-state index in [0.717, 1.165) is 11.1 Å². The third-order valence-corrected chi connectivity index (χ3v) is 3.42. The minimum atomic E-state index is -0.494. The Bertz CT molecular complexity index is 648. The van der Waals surface area contributed by atoms with Gasteiger partial charge in [0.1, 0.15) is 11.9 Å². The second-order valence-corrected chi connectivity index (χ2v) is 4.60. The van der Waals surface area contributed by atoms with Crippen LogP contribution in [0.3, 0.4) is 0 Å². The molecule has 0 fully saturated rings. The summed E-state index contributed by atoms with van der Waals surface area (Å²) in [6.07, 6.45) is 1.77. The molecule has 0 unspecified atom stereocenters. The molecule has 1 aliphatic rings. The van der Waals surface area contributed by atoms with E-state index in [0.29, 0.717) is 17.8 Å². The summed E-state index contributed by atoms with van der Waals surface area (Å²) in [6, 6.07) is 13.3. The first-order valence-electron chi connectivity index (χ1n) is 6.17. The predicted octanol–water partition coefficient (Wildman–Crippen LogP) is 2.02. The first kappa shape index (κ1) is 11.7. The van der Waals surface area contributed by atoms with Crippen LogP contribution in [0.25, 0.3) is 0 Å². The molecule has 1 aromatic heterocycles. The number of aromatic nitrogens is 1. The van der Waals surface area contributed by atoms with Gasteiger partial charge in [0.05, 0.1) is 17.7 Å². The van der Waals surface area contributed by atoms with Crippen molar-refractivity contribution in [2.24, 2.45) is 0 Å². The molecule has 3 rings (SSSR count). The highest BCUT2D eigenvalue weighted by molar-refractivity contribution is 5.54. The van der Waals surface area contributed by atoms with Crippen LogP contribution in [-0.4, -0.2) is 16.2 Å². The van der Waals surface area contributed by atoms with Crippen molar-refractivity contribution < 1.29 is 5.11 Å². The molecule has 4 heteroatoms. The van der Waals surface area contributed by atoms with Crippen molar-refractivity contribution in [3.8, 4) is 6.07 Å². The van der Waals surface area contributed by atoms with Crippen LogP contribution in [0.4, 0.5) is 5.82 Å². The molecule has 0 saturated carbocycles. The normalized spacial score (nSPS) is 20.6. The topological polar surface area (TPSA) is 68.9 Å². The first-order chi connectivity index (χ1) is 9.29. The van der Waals surface area contributed by atoms with Gasteiger partial charge in [0.25, 0.3) is 0 Å². The van der Waals surface area contributed by atoms with Crippen LogP contribution in [0.2, 0.25) is 0 Å². The predicted molar refractivity (Wildman–Crippen MR) is 71.5 cm³/mol. The Morgan fingerprint density at radius 2 is 2.11 bits per heavy atom. The van der Waals surface area contributed by atoms with Crippen molar-refractivity contribution in [1.29, 1.82) is 5.26 Å². The fraction of sp³-hybridized carbons (Fsp3) is 0.200. The smallest absolute Gasteiger partial charge is 0.144 e. The fourth-order valence-electron chi connectivity index (χ4n) is 2.51. The van der Waals surface area contributed by atoms with E-state index in [9.17, 15) is 5.11 Å². The van der Waals surface area contributed by atoms with E-state index in [2.05, 4.69) is 16.4 Å². The van der Waals surface area contributed by atoms with Gasteiger partial charge in [0, 0.05) is 12.6 Å². The molecular weight excluding hydrogens is 238 g/mol. The van der Waals surface area contributed by atoms with E-state index in [-0.39, 0.29) is 6.04 Å². The molecule has 0 radical (unpaired) electrons. The monoisotopic (exact) mass is 251 g/mol. The van der Waals surface area contributed by atoms with Gasteiger partial charge in [-0.15, -0.1) is 0 Å². The molecule has 4 nitrogen and oxygen atoms in total. The molecule has 0 saturated heterocycles. The van der Waals surface area contributed by atoms with Crippen molar-refractivity contribution >= 4 is 5.82 Å². The highest BCUT2D eigenvalue weighted by Crippen LogP contribution is 2.34. The number of hydrogen-bond donors (Lipinski definition) is 2. The Balaban J connectivity index is 1.94. The SMILES string of the molecule is N#Cc1cccnc1N[C@H]1c2ccccc2C[C@H]1O. The summed E-state index contributed by atoms with van der Waals surface area (Å²) in [5.74, 6) is 0.519. The summed E-state index contributed by atoms with van der Waals surface area (Å²) in [5, 5.41) is 22.4. The average Bonchev–Trinajstić information content (AvgIpc) is 2.76. The number of benzene rings is 1. The Kier molecular flexibility index (Phi) is 2.90. The van der Waals surface area contributed by atoms with Crippen LogP contribution in [0, 0.1) is 11.3 Å². The standard InChI is InChI=1S/C15H13N3O/c16-9-11-5-3-7-17-15(11)18-14-12-6-2-1-4-10(12)8-13(14)19/h1-7,13-14,19H,8H2,(H,17,18)/t13-,14+/m1/s1. The number of aliphatic hydroxyl groups is 1. The summed E-state index contributed by atoms with van der Waals surface area (Å²) < 4.78 is 0. The van der Waals surface area contributed by atoms with Crippen molar-refractivity contribution in [3.05, 3.63) is 59.3 Å². The number of pyridine rings is 1. The Morgan fingerprint density at radius 1 is 1.26 bits per heavy atom. The number of nitrogens with one attached hydrogen (secondary N) is 1. The van der Waals surface area contributed by atoms with E-state index in [1.54, 1.807) is 18.3 Å². The van der Waals surface area contributed by atoms with Crippen molar-refractivity contribution in [3.63, 3.8) is 0 Å². The van der Waals surface area contributed by atoms with Gasteiger partial charge in [-0.3, -0.25) is 0 Å². The molecule has 1 heterocycles. The van der Waals surface area contributed by atoms with Crippen LogP contribution >= 0.6 is 0 Å². The summed E-state index contributed by atoms with van der Waals surface area (Å²) in [5.41, 5.74) is 2.70. The quantitative estimate of drug-likeness (QED) is 0.856. The van der Waals surface area contributed by atoms with Crippen LogP contribution in [0.15, 0.2) is 42.6 Å². The minimum Gasteiger partial charge on any atom is -0.390 e. The molecule has 0 spiro atoms. The van der Waals surface area contributed by atoms with Gasteiger partial charge in [-0.25, -0.2) is 4.98 Å². The van der Waals surface area contributed by atoms with Crippen molar-refractivity contribution in [2.45, 2.75) is 18.6 Å². The highest BCUT2D eigenvalue weighted by Gasteiger charge is 2.31. The lowest BCUT2D eigenvalue weighted by molar-refractivity contribution is 0.165. The minimum absolute atomic E-state index is 0.210. The van der Waals surface area contributed by atoms with E-state index in [4.69, 9.17) is 5.26 Å². The molecule has 1 aromatic carbocycles. The molecule has 0 aliphatic heterocycles. The zero-order chi connectivity index (χ0) is 13.2. The molecule has 2 aromatic rings. The maximum absolute atomic E-state index is 10.2. The maximum atomic E-state index is 10.2. The van der Waals surface area contributed by atoms with Gasteiger partial charge in [0.15, 0.2) is 0 Å². The summed E-state index contributed by atoms with van der Waals surface area (Å²) in [6.45, 7) is 0. The van der Waals surface area contributed by atoms with Gasteiger partial charge in [-0.05, 0) is 23.3 Å². The molecular formula is C15H13N3O. The van der Waals surface area contributed by atoms with E-state index < -0.39 is 6.10 Å². The summed E-state index contributed by atoms with van der Waals surface area (Å²) >= 11 is 0. The van der Waals surface area contributed by atoms with E-state index in [1.807, 2.05) is 24.3 Å². The highest BCUT2D eigenvalue weighted by atomic mass is 16.3. The Labute approximate surface area is 111 Å². The van der Waals surface area contributed by atoms with Gasteiger partial charge in [0.2, 0.25) is 0 Å². The van der Waals surface area contributed by atoms with Crippen LogP contribution in [-0.2, 0) is 6.42 Å². The lowest BCUT2D eigenvalue weighted by atomic mass is 10.1. The number of fused-ring (bicyclic) bond motifs is 1. The van der Waals surface area contributed by atoms with Gasteiger partial charge >= 0.3 is 0 Å². The van der Waals surface area contributed by atoms with Gasteiger partial charge in [-0.1, -0.05) is 24.3 Å². The molecule has 2 atom stereocenters. The Morgan fingerprint density at radius 3 is 2.95 bits per heavy atom. The summed E-state index contributed by atoms with van der Waals surface area (Å²) in [4.78, 5) is 4.18. The lowest BCUT2D eigenvalue weighted by Gasteiger charge is -2.19. The number of aliphatic hydroxyl groups excluding tert-OH is 1. The first-order valence-corrected chi connectivity index (χ1v) is 6.17. The zero-order valence-corrected chi connectivity index (χ0v) is 10.2. The third kappa shape index (κ3) is 2.05. The van der Waals surface area contributed by atoms with Crippen LogP contribution < -0.4 is 5.32 Å². The van der Waals surface area contributed by atoms with E-state index in [1.165, 1.54) is 0 Å². The van der Waals surface area contributed by atoms with Crippen molar-refractivity contribution in [1.82, 2.24) is 4.98 Å². The molecule has 94 valence electrons. The lowest BCUT2D eigenvalue weighted by Crippen LogP contribution is -2.22.